The van der Waals surface area contributed by atoms with E-state index in [1.807, 2.05) is 54.6 Å². The lowest BCUT2D eigenvalue weighted by molar-refractivity contribution is -0.140. The number of methoxy groups -OCH3 is 2. The van der Waals surface area contributed by atoms with E-state index in [4.69, 9.17) is 18.9 Å². The van der Waals surface area contributed by atoms with Gasteiger partial charge in [-0.25, -0.2) is 4.79 Å². The highest BCUT2D eigenvalue weighted by atomic mass is 16.7. The number of ether oxygens (including phenoxy) is 4. The van der Waals surface area contributed by atoms with Gasteiger partial charge in [0.1, 0.15) is 23.4 Å². The fourth-order valence-electron chi connectivity index (χ4n) is 3.24. The molecule has 5 heteroatoms. The number of epoxide rings is 1. The highest BCUT2D eigenvalue weighted by molar-refractivity contribution is 5.87. The van der Waals surface area contributed by atoms with Crippen molar-refractivity contribution >= 4 is 5.97 Å². The molecule has 0 aromatic heterocycles. The number of esters is 1. The maximum absolute atomic E-state index is 13.2. The normalized spacial score (nSPS) is 20.3. The molecule has 1 heterocycles. The Bertz CT molecular complexity index is 951. The largest absolute Gasteiger partial charge is 0.497 e. The molecule has 1 saturated heterocycles. The van der Waals surface area contributed by atoms with Crippen LogP contribution in [-0.4, -0.2) is 20.2 Å². The fourth-order valence-corrected chi connectivity index (χ4v) is 3.24. The minimum Gasteiger partial charge on any atom is -0.497 e. The van der Waals surface area contributed by atoms with Gasteiger partial charge in [0.25, 0.3) is 0 Å². The predicted octanol–water partition coefficient (Wildman–Crippen LogP) is 4.28. The van der Waals surface area contributed by atoms with Crippen LogP contribution in [0.1, 0.15) is 17.2 Å². The van der Waals surface area contributed by atoms with E-state index in [-0.39, 0.29) is 0 Å². The average Bonchev–Trinajstić information content (AvgIpc) is 3.52. The molecule has 5 nitrogen and oxygen atoms in total. The van der Waals surface area contributed by atoms with Gasteiger partial charge in [0.2, 0.25) is 5.60 Å². The number of para-hydroxylation sites is 1. The summed E-state index contributed by atoms with van der Waals surface area (Å²) < 4.78 is 22.1. The van der Waals surface area contributed by atoms with E-state index in [1.54, 1.807) is 38.5 Å². The third kappa shape index (κ3) is 3.21. The summed E-state index contributed by atoms with van der Waals surface area (Å²) in [6.07, 6.45) is -0.442. The quantitative estimate of drug-likeness (QED) is 0.365. The average molecular weight is 376 g/mol. The molecule has 2 unspecified atom stereocenters. The SMILES string of the molecule is COc1ccc(C2OC2(C(=O)Oc2ccccc2)c2ccc(OC)cc2)cc1. The lowest BCUT2D eigenvalue weighted by Gasteiger charge is -2.14. The van der Waals surface area contributed by atoms with Gasteiger partial charge in [-0.15, -0.1) is 0 Å². The third-order valence-corrected chi connectivity index (χ3v) is 4.81. The van der Waals surface area contributed by atoms with Gasteiger partial charge < -0.3 is 18.9 Å². The second-order valence-electron chi connectivity index (χ2n) is 6.44. The molecule has 1 fully saturated rings. The van der Waals surface area contributed by atoms with Crippen LogP contribution in [0.5, 0.6) is 17.2 Å². The zero-order valence-electron chi connectivity index (χ0n) is 15.6. The molecule has 4 rings (SSSR count). The van der Waals surface area contributed by atoms with E-state index in [0.29, 0.717) is 11.5 Å². The summed E-state index contributed by atoms with van der Waals surface area (Å²) in [4.78, 5) is 13.2. The smallest absolute Gasteiger partial charge is 0.351 e. The van der Waals surface area contributed by atoms with Crippen LogP contribution < -0.4 is 14.2 Å². The number of carbonyl (C=O) groups excluding carboxylic acids is 1. The van der Waals surface area contributed by atoms with Crippen LogP contribution in [0.15, 0.2) is 78.9 Å². The van der Waals surface area contributed by atoms with Crippen LogP contribution >= 0.6 is 0 Å². The lowest BCUT2D eigenvalue weighted by atomic mass is 9.91. The zero-order valence-corrected chi connectivity index (χ0v) is 15.6. The van der Waals surface area contributed by atoms with Gasteiger partial charge in [-0.05, 0) is 47.5 Å². The summed E-state index contributed by atoms with van der Waals surface area (Å²) in [5, 5.41) is 0. The molecule has 3 aromatic carbocycles. The monoisotopic (exact) mass is 376 g/mol. The Balaban J connectivity index is 1.68. The molecule has 0 saturated carbocycles. The van der Waals surface area contributed by atoms with Crippen molar-refractivity contribution in [3.05, 3.63) is 90.0 Å². The van der Waals surface area contributed by atoms with E-state index < -0.39 is 17.7 Å². The fraction of sp³-hybridized carbons (Fsp3) is 0.174. The minimum atomic E-state index is -1.20. The van der Waals surface area contributed by atoms with Crippen LogP contribution in [-0.2, 0) is 15.1 Å². The summed E-state index contributed by atoms with van der Waals surface area (Å²) in [5.74, 6) is 1.47. The second-order valence-corrected chi connectivity index (χ2v) is 6.44. The van der Waals surface area contributed by atoms with Gasteiger partial charge in [-0.3, -0.25) is 0 Å². The Kier molecular flexibility index (Phi) is 4.75. The van der Waals surface area contributed by atoms with Crippen LogP contribution in [0, 0.1) is 0 Å². The molecule has 142 valence electrons. The summed E-state index contributed by atoms with van der Waals surface area (Å²) >= 11 is 0. The molecule has 0 N–H and O–H groups in total. The number of hydrogen-bond donors (Lipinski definition) is 0. The molecule has 3 aromatic rings. The number of hydrogen-bond acceptors (Lipinski definition) is 5. The summed E-state index contributed by atoms with van der Waals surface area (Å²) in [5.41, 5.74) is 0.396. The van der Waals surface area contributed by atoms with Gasteiger partial charge in [0, 0.05) is 0 Å². The first-order valence-electron chi connectivity index (χ1n) is 8.91. The van der Waals surface area contributed by atoms with Crippen LogP contribution in [0.25, 0.3) is 0 Å². The number of benzene rings is 3. The Labute approximate surface area is 163 Å². The van der Waals surface area contributed by atoms with Gasteiger partial charge in [-0.2, -0.15) is 0 Å². The molecule has 0 amide bonds. The molecule has 0 radical (unpaired) electrons. The molecular formula is C23H20O5. The summed E-state index contributed by atoms with van der Waals surface area (Å²) in [6, 6.07) is 23.7. The number of rotatable bonds is 6. The Morgan fingerprint density at radius 2 is 1.36 bits per heavy atom. The van der Waals surface area contributed by atoms with E-state index >= 15 is 0 Å². The first-order chi connectivity index (χ1) is 13.7. The molecule has 0 aliphatic carbocycles. The molecule has 2 atom stereocenters. The van der Waals surface area contributed by atoms with Crippen molar-refractivity contribution in [2.75, 3.05) is 14.2 Å². The first kappa shape index (κ1) is 18.1. The van der Waals surface area contributed by atoms with Gasteiger partial charge >= 0.3 is 5.97 Å². The molecule has 1 aliphatic rings. The van der Waals surface area contributed by atoms with Crippen molar-refractivity contribution in [3.63, 3.8) is 0 Å². The Morgan fingerprint density at radius 3 is 1.93 bits per heavy atom. The van der Waals surface area contributed by atoms with Crippen molar-refractivity contribution in [1.29, 1.82) is 0 Å². The van der Waals surface area contributed by atoms with E-state index in [0.717, 1.165) is 16.9 Å². The third-order valence-electron chi connectivity index (χ3n) is 4.81. The standard InChI is InChI=1S/C23H20O5/c1-25-18-12-8-16(9-13-18)21-23(28-21,17-10-14-19(26-2)15-11-17)22(24)27-20-6-4-3-5-7-20/h3-15,21H,1-2H3. The van der Waals surface area contributed by atoms with Crippen LogP contribution in [0.3, 0.4) is 0 Å². The van der Waals surface area contributed by atoms with Crippen molar-refractivity contribution in [2.24, 2.45) is 0 Å². The molecule has 1 aliphatic heterocycles. The minimum absolute atomic E-state index is 0.442. The Hall–Kier alpha value is -3.31. The molecular weight excluding hydrogens is 356 g/mol. The number of carbonyl (C=O) groups is 1. The van der Waals surface area contributed by atoms with E-state index in [9.17, 15) is 4.79 Å². The summed E-state index contributed by atoms with van der Waals surface area (Å²) in [6.45, 7) is 0. The molecule has 0 spiro atoms. The van der Waals surface area contributed by atoms with Crippen molar-refractivity contribution < 1.29 is 23.7 Å². The maximum Gasteiger partial charge on any atom is 0.351 e. The van der Waals surface area contributed by atoms with Gasteiger partial charge in [-0.1, -0.05) is 42.5 Å². The summed E-state index contributed by atoms with van der Waals surface area (Å²) in [7, 11) is 3.21. The first-order valence-corrected chi connectivity index (χ1v) is 8.91. The van der Waals surface area contributed by atoms with Crippen molar-refractivity contribution in [3.8, 4) is 17.2 Å². The van der Waals surface area contributed by atoms with Crippen molar-refractivity contribution in [2.45, 2.75) is 11.7 Å². The van der Waals surface area contributed by atoms with E-state index in [2.05, 4.69) is 0 Å². The maximum atomic E-state index is 13.2. The molecule has 28 heavy (non-hydrogen) atoms. The van der Waals surface area contributed by atoms with Gasteiger partial charge in [0.05, 0.1) is 14.2 Å². The van der Waals surface area contributed by atoms with Crippen LogP contribution in [0.2, 0.25) is 0 Å². The van der Waals surface area contributed by atoms with Crippen LogP contribution in [0.4, 0.5) is 0 Å². The highest BCUT2D eigenvalue weighted by Gasteiger charge is 2.66. The molecule has 0 bridgehead atoms. The van der Waals surface area contributed by atoms with Crippen molar-refractivity contribution in [1.82, 2.24) is 0 Å². The van der Waals surface area contributed by atoms with E-state index in [1.165, 1.54) is 0 Å². The zero-order chi connectivity index (χ0) is 19.6. The Morgan fingerprint density at radius 1 is 0.786 bits per heavy atom. The van der Waals surface area contributed by atoms with Gasteiger partial charge in [0.15, 0.2) is 0 Å². The lowest BCUT2D eigenvalue weighted by Crippen LogP contribution is -2.28. The second kappa shape index (κ2) is 7.37. The predicted molar refractivity (Wildman–Crippen MR) is 104 cm³/mol. The topological polar surface area (TPSA) is 57.3 Å². The highest BCUT2D eigenvalue weighted by Crippen LogP contribution is 2.58.